The maximum Gasteiger partial charge on any atom is 0.263 e. The van der Waals surface area contributed by atoms with Crippen LogP contribution < -0.4 is 14.5 Å². The van der Waals surface area contributed by atoms with E-state index in [2.05, 4.69) is 10.5 Å². The number of amides is 1. The van der Waals surface area contributed by atoms with E-state index < -0.39 is 22.0 Å². The van der Waals surface area contributed by atoms with Gasteiger partial charge in [-0.3, -0.25) is 9.10 Å². The molecule has 0 aromatic heterocycles. The molecule has 0 saturated heterocycles. The van der Waals surface area contributed by atoms with Crippen molar-refractivity contribution in [2.45, 2.75) is 19.9 Å². The average molecular weight is 407 g/mol. The van der Waals surface area contributed by atoms with E-state index >= 15 is 0 Å². The van der Waals surface area contributed by atoms with E-state index in [-0.39, 0.29) is 5.82 Å². The van der Waals surface area contributed by atoms with Crippen LogP contribution in [0.15, 0.2) is 53.6 Å². The lowest BCUT2D eigenvalue weighted by Gasteiger charge is -2.27. The van der Waals surface area contributed by atoms with E-state index in [1.807, 2.05) is 6.92 Å². The van der Waals surface area contributed by atoms with Gasteiger partial charge >= 0.3 is 0 Å². The number of benzene rings is 2. The highest BCUT2D eigenvalue weighted by Crippen LogP contribution is 2.24. The SMILES string of the molecule is CCOc1ccc(N([C@@H](C)C(=O)N/N=C\c2ccc(F)cc2)S(C)(=O)=O)cc1. The molecule has 0 spiro atoms. The average Bonchev–Trinajstić information content (AvgIpc) is 2.64. The topological polar surface area (TPSA) is 88.1 Å². The van der Waals surface area contributed by atoms with Gasteiger partial charge in [-0.2, -0.15) is 5.10 Å². The number of rotatable bonds is 8. The Labute approximate surface area is 163 Å². The summed E-state index contributed by atoms with van der Waals surface area (Å²) in [5.41, 5.74) is 3.22. The van der Waals surface area contributed by atoms with Crippen molar-refractivity contribution in [3.63, 3.8) is 0 Å². The molecule has 7 nitrogen and oxygen atoms in total. The first-order valence-electron chi connectivity index (χ1n) is 8.53. The zero-order valence-electron chi connectivity index (χ0n) is 15.8. The minimum Gasteiger partial charge on any atom is -0.494 e. The van der Waals surface area contributed by atoms with Crippen molar-refractivity contribution in [2.75, 3.05) is 17.2 Å². The lowest BCUT2D eigenvalue weighted by molar-refractivity contribution is -0.121. The molecule has 1 N–H and O–H groups in total. The number of anilines is 1. The molecular formula is C19H22FN3O4S. The molecule has 2 aromatic carbocycles. The third-order valence-corrected chi connectivity index (χ3v) is 4.99. The van der Waals surface area contributed by atoms with Gasteiger partial charge in [0.25, 0.3) is 5.91 Å². The van der Waals surface area contributed by atoms with Crippen LogP contribution >= 0.6 is 0 Å². The molecule has 0 aliphatic carbocycles. The van der Waals surface area contributed by atoms with Gasteiger partial charge in [0.05, 0.1) is 24.8 Å². The van der Waals surface area contributed by atoms with Gasteiger partial charge < -0.3 is 4.74 Å². The summed E-state index contributed by atoms with van der Waals surface area (Å²) in [6.45, 7) is 3.79. The molecule has 2 aromatic rings. The van der Waals surface area contributed by atoms with E-state index in [1.165, 1.54) is 37.4 Å². The van der Waals surface area contributed by atoms with Crippen LogP contribution in [0.5, 0.6) is 5.75 Å². The number of carbonyl (C=O) groups is 1. The predicted octanol–water partition coefficient (Wildman–Crippen LogP) is 2.53. The first-order valence-corrected chi connectivity index (χ1v) is 10.4. The van der Waals surface area contributed by atoms with Crippen molar-refractivity contribution in [1.29, 1.82) is 0 Å². The van der Waals surface area contributed by atoms with Crippen LogP contribution in [0.25, 0.3) is 0 Å². The highest BCUT2D eigenvalue weighted by Gasteiger charge is 2.29. The number of ether oxygens (including phenoxy) is 1. The quantitative estimate of drug-likeness (QED) is 0.538. The zero-order chi connectivity index (χ0) is 20.7. The molecule has 0 bridgehead atoms. The maximum absolute atomic E-state index is 12.9. The smallest absolute Gasteiger partial charge is 0.263 e. The van der Waals surface area contributed by atoms with E-state index in [4.69, 9.17) is 4.74 Å². The molecule has 0 radical (unpaired) electrons. The standard InChI is InChI=1S/C19H22FN3O4S/c1-4-27-18-11-9-17(10-12-18)23(28(3,25)26)14(2)19(24)22-21-13-15-5-7-16(20)8-6-15/h5-14H,4H2,1-3H3,(H,22,24)/b21-13-/t14-/m0/s1. The molecule has 150 valence electrons. The first-order chi connectivity index (χ1) is 13.2. The van der Waals surface area contributed by atoms with Gasteiger partial charge in [0.1, 0.15) is 17.6 Å². The lowest BCUT2D eigenvalue weighted by atomic mass is 10.2. The van der Waals surface area contributed by atoms with Crippen LogP contribution in [0.1, 0.15) is 19.4 Å². The van der Waals surface area contributed by atoms with E-state index in [9.17, 15) is 17.6 Å². The summed E-state index contributed by atoms with van der Waals surface area (Å²) in [4.78, 5) is 12.4. The molecule has 0 unspecified atom stereocenters. The fraction of sp³-hybridized carbons (Fsp3) is 0.263. The number of hydrazone groups is 1. The van der Waals surface area contributed by atoms with Gasteiger partial charge in [-0.15, -0.1) is 0 Å². The number of halogens is 1. The first kappa shape index (κ1) is 21.4. The van der Waals surface area contributed by atoms with Gasteiger partial charge in [-0.25, -0.2) is 18.2 Å². The van der Waals surface area contributed by atoms with Gasteiger partial charge in [-0.1, -0.05) is 12.1 Å². The van der Waals surface area contributed by atoms with Crippen LogP contribution in [0.2, 0.25) is 0 Å². The van der Waals surface area contributed by atoms with Gasteiger partial charge in [-0.05, 0) is 55.8 Å². The van der Waals surface area contributed by atoms with Crippen molar-refractivity contribution in [3.8, 4) is 5.75 Å². The largest absolute Gasteiger partial charge is 0.494 e. The number of carbonyl (C=O) groups excluding carboxylic acids is 1. The highest BCUT2D eigenvalue weighted by atomic mass is 32.2. The summed E-state index contributed by atoms with van der Waals surface area (Å²) in [5, 5.41) is 3.80. The summed E-state index contributed by atoms with van der Waals surface area (Å²) in [7, 11) is -3.73. The summed E-state index contributed by atoms with van der Waals surface area (Å²) < 4.78 is 43.8. The van der Waals surface area contributed by atoms with E-state index in [0.29, 0.717) is 23.6 Å². The summed E-state index contributed by atoms with van der Waals surface area (Å²) in [5.74, 6) is -0.396. The fourth-order valence-corrected chi connectivity index (χ4v) is 3.65. The summed E-state index contributed by atoms with van der Waals surface area (Å²) >= 11 is 0. The molecule has 0 aliphatic heterocycles. The minimum atomic E-state index is -3.73. The number of hydrogen-bond donors (Lipinski definition) is 1. The van der Waals surface area contributed by atoms with Gasteiger partial charge in [0.2, 0.25) is 10.0 Å². The molecule has 0 saturated carbocycles. The number of hydrogen-bond acceptors (Lipinski definition) is 5. The normalized spacial score (nSPS) is 12.6. The Bertz CT molecular complexity index is 929. The number of nitrogens with zero attached hydrogens (tertiary/aromatic N) is 2. The number of nitrogens with one attached hydrogen (secondary N) is 1. The van der Waals surface area contributed by atoms with Gasteiger partial charge in [0, 0.05) is 0 Å². The van der Waals surface area contributed by atoms with E-state index in [0.717, 1.165) is 10.6 Å². The van der Waals surface area contributed by atoms with Crippen LogP contribution in [0.4, 0.5) is 10.1 Å². The monoisotopic (exact) mass is 407 g/mol. The molecule has 0 heterocycles. The molecule has 28 heavy (non-hydrogen) atoms. The van der Waals surface area contributed by atoms with Crippen molar-refractivity contribution in [1.82, 2.24) is 5.43 Å². The molecular weight excluding hydrogens is 385 g/mol. The Morgan fingerprint density at radius 2 is 1.82 bits per heavy atom. The Hall–Kier alpha value is -2.94. The van der Waals surface area contributed by atoms with Gasteiger partial charge in [0.15, 0.2) is 0 Å². The van der Waals surface area contributed by atoms with Crippen LogP contribution in [0, 0.1) is 5.82 Å². The Morgan fingerprint density at radius 1 is 1.21 bits per heavy atom. The second-order valence-corrected chi connectivity index (χ2v) is 7.81. The lowest BCUT2D eigenvalue weighted by Crippen LogP contribution is -2.46. The number of sulfonamides is 1. The van der Waals surface area contributed by atoms with Crippen LogP contribution in [-0.2, 0) is 14.8 Å². The molecule has 9 heteroatoms. The summed E-state index contributed by atoms with van der Waals surface area (Å²) in [6.07, 6.45) is 2.36. The fourth-order valence-electron chi connectivity index (χ4n) is 2.48. The van der Waals surface area contributed by atoms with Crippen molar-refractivity contribution in [3.05, 3.63) is 59.9 Å². The molecule has 2 rings (SSSR count). The predicted molar refractivity (Wildman–Crippen MR) is 107 cm³/mol. The Kier molecular flexibility index (Phi) is 7.11. The third-order valence-electron chi connectivity index (χ3n) is 3.75. The molecule has 0 fully saturated rings. The second kappa shape index (κ2) is 9.32. The van der Waals surface area contributed by atoms with Crippen molar-refractivity contribution < 1.29 is 22.3 Å². The molecule has 0 aliphatic rings. The zero-order valence-corrected chi connectivity index (χ0v) is 16.6. The van der Waals surface area contributed by atoms with Crippen molar-refractivity contribution in [2.24, 2.45) is 5.10 Å². The Morgan fingerprint density at radius 3 is 2.36 bits per heavy atom. The second-order valence-electron chi connectivity index (χ2n) is 5.95. The summed E-state index contributed by atoms with van der Waals surface area (Å²) in [6, 6.07) is 10.9. The molecule has 1 amide bonds. The minimum absolute atomic E-state index is 0.330. The van der Waals surface area contributed by atoms with E-state index in [1.54, 1.807) is 24.3 Å². The third kappa shape index (κ3) is 5.78. The van der Waals surface area contributed by atoms with Crippen molar-refractivity contribution >= 4 is 27.8 Å². The molecule has 1 atom stereocenters. The Balaban J connectivity index is 2.14. The van der Waals surface area contributed by atoms with Crippen LogP contribution in [0.3, 0.4) is 0 Å². The maximum atomic E-state index is 12.9. The van der Waals surface area contributed by atoms with Crippen LogP contribution in [-0.4, -0.2) is 39.4 Å². The highest BCUT2D eigenvalue weighted by molar-refractivity contribution is 7.92.